The molecule has 1 aromatic carbocycles. The van der Waals surface area contributed by atoms with E-state index in [1.807, 2.05) is 13.0 Å². The number of H-pyrrole nitrogens is 1. The van der Waals surface area contributed by atoms with Crippen LogP contribution in [-0.4, -0.2) is 21.2 Å². The summed E-state index contributed by atoms with van der Waals surface area (Å²) >= 11 is 0. The molecule has 1 aromatic heterocycles. The lowest BCUT2D eigenvalue weighted by molar-refractivity contribution is 0.602. The fourth-order valence-corrected chi connectivity index (χ4v) is 2.79. The van der Waals surface area contributed by atoms with Gasteiger partial charge in [-0.2, -0.15) is 5.10 Å². The monoisotopic (exact) mass is 256 g/mol. The molecule has 4 heteroatoms. The Labute approximate surface area is 113 Å². The van der Waals surface area contributed by atoms with Gasteiger partial charge in [-0.05, 0) is 44.2 Å². The SMILES string of the molecule is Cc1nc(-c2cccc(NC3CCC(C)C3)c2)n[nH]1. The van der Waals surface area contributed by atoms with Crippen molar-refractivity contribution in [1.29, 1.82) is 0 Å². The van der Waals surface area contributed by atoms with Gasteiger partial charge in [-0.15, -0.1) is 0 Å². The number of rotatable bonds is 3. The molecule has 1 saturated carbocycles. The Balaban J connectivity index is 1.76. The fourth-order valence-electron chi connectivity index (χ4n) is 2.79. The van der Waals surface area contributed by atoms with Crippen LogP contribution in [0.15, 0.2) is 24.3 Å². The van der Waals surface area contributed by atoms with Crippen LogP contribution in [0.4, 0.5) is 5.69 Å². The fraction of sp³-hybridized carbons (Fsp3) is 0.467. The molecule has 2 N–H and O–H groups in total. The quantitative estimate of drug-likeness (QED) is 0.885. The van der Waals surface area contributed by atoms with E-state index >= 15 is 0 Å². The van der Waals surface area contributed by atoms with E-state index in [2.05, 4.69) is 45.6 Å². The molecule has 2 unspecified atom stereocenters. The van der Waals surface area contributed by atoms with Crippen molar-refractivity contribution < 1.29 is 0 Å². The third-order valence-electron chi connectivity index (χ3n) is 3.78. The summed E-state index contributed by atoms with van der Waals surface area (Å²) < 4.78 is 0. The van der Waals surface area contributed by atoms with Gasteiger partial charge in [-0.3, -0.25) is 5.10 Å². The van der Waals surface area contributed by atoms with E-state index in [0.717, 1.165) is 23.1 Å². The summed E-state index contributed by atoms with van der Waals surface area (Å²) in [5.74, 6) is 2.45. The maximum absolute atomic E-state index is 4.37. The molecule has 100 valence electrons. The summed E-state index contributed by atoms with van der Waals surface area (Å²) in [6.45, 7) is 4.24. The number of benzene rings is 1. The summed E-state index contributed by atoms with van der Waals surface area (Å²) in [6.07, 6.45) is 3.87. The third kappa shape index (κ3) is 2.78. The van der Waals surface area contributed by atoms with E-state index < -0.39 is 0 Å². The molecule has 1 fully saturated rings. The second-order valence-corrected chi connectivity index (χ2v) is 5.58. The maximum Gasteiger partial charge on any atom is 0.181 e. The summed E-state index contributed by atoms with van der Waals surface area (Å²) in [5, 5.41) is 10.7. The van der Waals surface area contributed by atoms with Crippen molar-refractivity contribution in [3.8, 4) is 11.4 Å². The van der Waals surface area contributed by atoms with Gasteiger partial charge in [0.2, 0.25) is 0 Å². The first-order valence-electron chi connectivity index (χ1n) is 6.96. The van der Waals surface area contributed by atoms with Gasteiger partial charge in [-0.25, -0.2) is 4.98 Å². The zero-order chi connectivity index (χ0) is 13.2. The lowest BCUT2D eigenvalue weighted by Gasteiger charge is -2.14. The van der Waals surface area contributed by atoms with E-state index in [1.54, 1.807) is 0 Å². The summed E-state index contributed by atoms with van der Waals surface area (Å²) in [6, 6.07) is 8.96. The zero-order valence-corrected chi connectivity index (χ0v) is 11.5. The summed E-state index contributed by atoms with van der Waals surface area (Å²) in [5.41, 5.74) is 2.22. The van der Waals surface area contributed by atoms with Crippen molar-refractivity contribution >= 4 is 5.69 Å². The predicted molar refractivity (Wildman–Crippen MR) is 77.0 cm³/mol. The molecule has 3 rings (SSSR count). The van der Waals surface area contributed by atoms with E-state index in [4.69, 9.17) is 0 Å². The number of aryl methyl sites for hydroxylation is 1. The molecule has 2 atom stereocenters. The molecule has 1 heterocycles. The van der Waals surface area contributed by atoms with E-state index in [-0.39, 0.29) is 0 Å². The standard InChI is InChI=1S/C15H20N4/c1-10-6-7-14(8-10)17-13-5-3-4-12(9-13)15-16-11(2)18-19-15/h3-5,9-10,14,17H,6-8H2,1-2H3,(H,16,18,19). The summed E-state index contributed by atoms with van der Waals surface area (Å²) in [4.78, 5) is 4.37. The molecule has 0 spiro atoms. The van der Waals surface area contributed by atoms with Crippen molar-refractivity contribution in [2.75, 3.05) is 5.32 Å². The Morgan fingerprint density at radius 3 is 2.89 bits per heavy atom. The van der Waals surface area contributed by atoms with Crippen LogP contribution in [0, 0.1) is 12.8 Å². The van der Waals surface area contributed by atoms with Crippen molar-refractivity contribution in [3.63, 3.8) is 0 Å². The molecule has 1 aliphatic rings. The van der Waals surface area contributed by atoms with Crippen LogP contribution in [0.25, 0.3) is 11.4 Å². The van der Waals surface area contributed by atoms with Gasteiger partial charge >= 0.3 is 0 Å². The first-order valence-corrected chi connectivity index (χ1v) is 6.96. The lowest BCUT2D eigenvalue weighted by atomic mass is 10.1. The molecule has 0 bridgehead atoms. The van der Waals surface area contributed by atoms with E-state index in [0.29, 0.717) is 6.04 Å². The second kappa shape index (κ2) is 5.03. The molecule has 4 nitrogen and oxygen atoms in total. The first-order chi connectivity index (χ1) is 9.20. The van der Waals surface area contributed by atoms with Crippen molar-refractivity contribution in [1.82, 2.24) is 15.2 Å². The van der Waals surface area contributed by atoms with Crippen molar-refractivity contribution in [3.05, 3.63) is 30.1 Å². The molecule has 1 aliphatic carbocycles. The van der Waals surface area contributed by atoms with Crippen LogP contribution in [-0.2, 0) is 0 Å². The van der Waals surface area contributed by atoms with Gasteiger partial charge < -0.3 is 5.32 Å². The van der Waals surface area contributed by atoms with Crippen LogP contribution in [0.5, 0.6) is 0 Å². The highest BCUT2D eigenvalue weighted by molar-refractivity contribution is 5.62. The molecule has 0 saturated heterocycles. The van der Waals surface area contributed by atoms with Crippen LogP contribution < -0.4 is 5.32 Å². The second-order valence-electron chi connectivity index (χ2n) is 5.58. The van der Waals surface area contributed by atoms with E-state index in [9.17, 15) is 0 Å². The average Bonchev–Trinajstić information content (AvgIpc) is 2.99. The Morgan fingerprint density at radius 1 is 1.32 bits per heavy atom. The number of aromatic amines is 1. The predicted octanol–water partition coefficient (Wildman–Crippen LogP) is 3.38. The van der Waals surface area contributed by atoms with Crippen molar-refractivity contribution in [2.24, 2.45) is 5.92 Å². The lowest BCUT2D eigenvalue weighted by Crippen LogP contribution is -2.15. The molecular weight excluding hydrogens is 236 g/mol. The topological polar surface area (TPSA) is 53.6 Å². The maximum atomic E-state index is 4.37. The number of hydrogen-bond acceptors (Lipinski definition) is 3. The van der Waals surface area contributed by atoms with E-state index in [1.165, 1.54) is 24.9 Å². The molecule has 19 heavy (non-hydrogen) atoms. The Morgan fingerprint density at radius 2 is 2.21 bits per heavy atom. The van der Waals surface area contributed by atoms with Crippen LogP contribution >= 0.6 is 0 Å². The highest BCUT2D eigenvalue weighted by Gasteiger charge is 2.20. The molecule has 0 aliphatic heterocycles. The van der Waals surface area contributed by atoms with Gasteiger partial charge in [0.1, 0.15) is 5.82 Å². The van der Waals surface area contributed by atoms with Gasteiger partial charge in [0, 0.05) is 17.3 Å². The largest absolute Gasteiger partial charge is 0.382 e. The highest BCUT2D eigenvalue weighted by Crippen LogP contribution is 2.28. The number of nitrogens with one attached hydrogen (secondary N) is 2. The Kier molecular flexibility index (Phi) is 3.23. The first kappa shape index (κ1) is 12.2. The highest BCUT2D eigenvalue weighted by atomic mass is 15.2. The smallest absolute Gasteiger partial charge is 0.181 e. The minimum Gasteiger partial charge on any atom is -0.382 e. The minimum atomic E-state index is 0.610. The van der Waals surface area contributed by atoms with Crippen molar-refractivity contribution in [2.45, 2.75) is 39.2 Å². The minimum absolute atomic E-state index is 0.610. The molecule has 2 aromatic rings. The molecule has 0 amide bonds. The zero-order valence-electron chi connectivity index (χ0n) is 11.5. The summed E-state index contributed by atoms with van der Waals surface area (Å²) in [7, 11) is 0. The Bertz CT molecular complexity index is 561. The molecular formula is C15H20N4. The van der Waals surface area contributed by atoms with Gasteiger partial charge in [0.05, 0.1) is 0 Å². The normalized spacial score (nSPS) is 22.6. The van der Waals surface area contributed by atoms with Gasteiger partial charge in [0.25, 0.3) is 0 Å². The Hall–Kier alpha value is -1.84. The van der Waals surface area contributed by atoms with Crippen LogP contribution in [0.2, 0.25) is 0 Å². The van der Waals surface area contributed by atoms with Gasteiger partial charge in [-0.1, -0.05) is 19.1 Å². The number of nitrogens with zero attached hydrogens (tertiary/aromatic N) is 2. The average molecular weight is 256 g/mol. The number of aromatic nitrogens is 3. The third-order valence-corrected chi connectivity index (χ3v) is 3.78. The number of hydrogen-bond donors (Lipinski definition) is 2. The number of anilines is 1. The van der Waals surface area contributed by atoms with Gasteiger partial charge in [0.15, 0.2) is 5.82 Å². The van der Waals surface area contributed by atoms with Crippen LogP contribution in [0.1, 0.15) is 32.0 Å². The van der Waals surface area contributed by atoms with Crippen LogP contribution in [0.3, 0.4) is 0 Å². The molecule has 0 radical (unpaired) electrons.